The Bertz CT molecular complexity index is 184. The summed E-state index contributed by atoms with van der Waals surface area (Å²) in [5.74, 6) is 0.389. The Morgan fingerprint density at radius 2 is 2.17 bits per heavy atom. The van der Waals surface area contributed by atoms with Gasteiger partial charge < -0.3 is 10.2 Å². The van der Waals surface area contributed by atoms with E-state index in [-0.39, 0.29) is 0 Å². The van der Waals surface area contributed by atoms with E-state index >= 15 is 0 Å². The van der Waals surface area contributed by atoms with Crippen LogP contribution in [0.15, 0.2) is 12.2 Å². The number of aliphatic hydroxyl groups excluding tert-OH is 1. The van der Waals surface area contributed by atoms with E-state index in [0.717, 1.165) is 12.0 Å². The van der Waals surface area contributed by atoms with E-state index in [4.69, 9.17) is 0 Å². The molecule has 70 valence electrons. The van der Waals surface area contributed by atoms with Crippen LogP contribution in [0.3, 0.4) is 0 Å². The van der Waals surface area contributed by atoms with E-state index in [9.17, 15) is 10.2 Å². The summed E-state index contributed by atoms with van der Waals surface area (Å²) in [4.78, 5) is 0. The van der Waals surface area contributed by atoms with Gasteiger partial charge in [-0.1, -0.05) is 12.2 Å². The van der Waals surface area contributed by atoms with Gasteiger partial charge in [-0.3, -0.25) is 0 Å². The third kappa shape index (κ3) is 1.87. The van der Waals surface area contributed by atoms with E-state index in [1.54, 1.807) is 6.92 Å². The van der Waals surface area contributed by atoms with Gasteiger partial charge in [-0.2, -0.15) is 0 Å². The molecule has 2 heteroatoms. The molecule has 0 heterocycles. The Morgan fingerprint density at radius 1 is 1.58 bits per heavy atom. The SMILES string of the molecule is C=C(C)[C@@H]1CC[C@](C)(O)[C@@H](O)C1. The molecule has 1 fully saturated rings. The first-order valence-electron chi connectivity index (χ1n) is 4.49. The highest BCUT2D eigenvalue weighted by Gasteiger charge is 2.37. The average molecular weight is 170 g/mol. The molecule has 0 aromatic heterocycles. The molecule has 0 aromatic carbocycles. The molecular formula is C10H18O2. The summed E-state index contributed by atoms with van der Waals surface area (Å²) < 4.78 is 0. The highest BCUT2D eigenvalue weighted by molar-refractivity contribution is 5.02. The lowest BCUT2D eigenvalue weighted by Gasteiger charge is -2.38. The zero-order valence-corrected chi connectivity index (χ0v) is 7.88. The van der Waals surface area contributed by atoms with E-state index < -0.39 is 11.7 Å². The van der Waals surface area contributed by atoms with Crippen LogP contribution in [0.1, 0.15) is 33.1 Å². The van der Waals surface area contributed by atoms with Crippen LogP contribution >= 0.6 is 0 Å². The van der Waals surface area contributed by atoms with Crippen LogP contribution in [-0.2, 0) is 0 Å². The Hall–Kier alpha value is -0.340. The third-order valence-electron chi connectivity index (χ3n) is 2.92. The second-order valence-corrected chi connectivity index (χ2v) is 4.19. The molecule has 0 aliphatic heterocycles. The van der Waals surface area contributed by atoms with Gasteiger partial charge in [-0.05, 0) is 39.0 Å². The van der Waals surface area contributed by atoms with Crippen molar-refractivity contribution in [3.8, 4) is 0 Å². The third-order valence-corrected chi connectivity index (χ3v) is 2.92. The van der Waals surface area contributed by atoms with Crippen LogP contribution in [0, 0.1) is 5.92 Å². The van der Waals surface area contributed by atoms with E-state index in [0.29, 0.717) is 18.8 Å². The first kappa shape index (κ1) is 9.75. The molecule has 0 unspecified atom stereocenters. The van der Waals surface area contributed by atoms with Crippen LogP contribution in [0.25, 0.3) is 0 Å². The molecule has 1 aliphatic rings. The predicted octanol–water partition coefficient (Wildman–Crippen LogP) is 1.47. The monoisotopic (exact) mass is 170 g/mol. The fourth-order valence-electron chi connectivity index (χ4n) is 1.72. The predicted molar refractivity (Wildman–Crippen MR) is 48.8 cm³/mol. The highest BCUT2D eigenvalue weighted by Crippen LogP contribution is 2.34. The minimum atomic E-state index is -0.883. The van der Waals surface area contributed by atoms with Gasteiger partial charge in [0, 0.05) is 0 Å². The molecule has 0 saturated heterocycles. The molecule has 0 spiro atoms. The molecule has 2 nitrogen and oxygen atoms in total. The second kappa shape index (κ2) is 3.19. The second-order valence-electron chi connectivity index (χ2n) is 4.19. The van der Waals surface area contributed by atoms with E-state index in [2.05, 4.69) is 6.58 Å². The lowest BCUT2D eigenvalue weighted by molar-refractivity contribution is -0.0952. The standard InChI is InChI=1S/C10H18O2/c1-7(2)8-4-5-10(3,12)9(11)6-8/h8-9,11-12H,1,4-6H2,2-3H3/t8-,9+,10+/m1/s1. The summed E-state index contributed by atoms with van der Waals surface area (Å²) in [5.41, 5.74) is 0.232. The zero-order valence-electron chi connectivity index (χ0n) is 7.88. The largest absolute Gasteiger partial charge is 0.390 e. The smallest absolute Gasteiger partial charge is 0.0877 e. The maximum atomic E-state index is 9.66. The summed E-state index contributed by atoms with van der Waals surface area (Å²) >= 11 is 0. The topological polar surface area (TPSA) is 40.5 Å². The normalized spacial score (nSPS) is 42.7. The molecule has 0 amide bonds. The van der Waals surface area contributed by atoms with E-state index in [1.165, 1.54) is 0 Å². The van der Waals surface area contributed by atoms with Gasteiger partial charge in [0.25, 0.3) is 0 Å². The van der Waals surface area contributed by atoms with Crippen molar-refractivity contribution in [2.45, 2.75) is 44.8 Å². The molecular weight excluding hydrogens is 152 g/mol. The maximum absolute atomic E-state index is 9.66. The fraction of sp³-hybridized carbons (Fsp3) is 0.800. The Kier molecular flexibility index (Phi) is 2.59. The van der Waals surface area contributed by atoms with Gasteiger partial charge in [-0.25, -0.2) is 0 Å². The molecule has 1 rings (SSSR count). The number of hydrogen-bond donors (Lipinski definition) is 2. The Balaban J connectivity index is 2.58. The minimum Gasteiger partial charge on any atom is -0.390 e. The van der Waals surface area contributed by atoms with Crippen LogP contribution < -0.4 is 0 Å². The lowest BCUT2D eigenvalue weighted by atomic mass is 9.75. The summed E-state index contributed by atoms with van der Waals surface area (Å²) in [6, 6.07) is 0. The number of aliphatic hydroxyl groups is 2. The summed E-state index contributed by atoms with van der Waals surface area (Å²) in [5, 5.41) is 19.2. The van der Waals surface area contributed by atoms with Gasteiger partial charge in [0.1, 0.15) is 0 Å². The number of allylic oxidation sites excluding steroid dienone is 1. The Labute approximate surface area is 73.9 Å². The Morgan fingerprint density at radius 3 is 2.58 bits per heavy atom. The summed E-state index contributed by atoms with van der Waals surface area (Å²) in [7, 11) is 0. The molecule has 12 heavy (non-hydrogen) atoms. The molecule has 1 aliphatic carbocycles. The van der Waals surface area contributed by atoms with Crippen LogP contribution in [0.4, 0.5) is 0 Å². The van der Waals surface area contributed by atoms with Crippen LogP contribution in [0.2, 0.25) is 0 Å². The zero-order chi connectivity index (χ0) is 9.35. The van der Waals surface area contributed by atoms with Gasteiger partial charge in [0.2, 0.25) is 0 Å². The number of hydrogen-bond acceptors (Lipinski definition) is 2. The van der Waals surface area contributed by atoms with E-state index in [1.807, 2.05) is 6.92 Å². The van der Waals surface area contributed by atoms with Crippen molar-refractivity contribution in [1.29, 1.82) is 0 Å². The maximum Gasteiger partial charge on any atom is 0.0877 e. The summed E-state index contributed by atoms with van der Waals surface area (Å²) in [6.45, 7) is 7.55. The lowest BCUT2D eigenvalue weighted by Crippen LogP contribution is -2.44. The van der Waals surface area contributed by atoms with Crippen molar-refractivity contribution in [2.75, 3.05) is 0 Å². The van der Waals surface area contributed by atoms with Crippen molar-refractivity contribution >= 4 is 0 Å². The molecule has 2 N–H and O–H groups in total. The average Bonchev–Trinajstić information content (AvgIpc) is 1.94. The van der Waals surface area contributed by atoms with Gasteiger partial charge >= 0.3 is 0 Å². The quantitative estimate of drug-likeness (QED) is 0.585. The van der Waals surface area contributed by atoms with Crippen molar-refractivity contribution in [1.82, 2.24) is 0 Å². The molecule has 1 saturated carbocycles. The molecule has 0 radical (unpaired) electrons. The van der Waals surface area contributed by atoms with Crippen LogP contribution in [0.5, 0.6) is 0 Å². The molecule has 0 aromatic rings. The fourth-order valence-corrected chi connectivity index (χ4v) is 1.72. The summed E-state index contributed by atoms with van der Waals surface area (Å²) in [6.07, 6.45) is 1.68. The van der Waals surface area contributed by atoms with Crippen LogP contribution in [-0.4, -0.2) is 21.9 Å². The van der Waals surface area contributed by atoms with Crippen molar-refractivity contribution < 1.29 is 10.2 Å². The van der Waals surface area contributed by atoms with Gasteiger partial charge in [-0.15, -0.1) is 0 Å². The van der Waals surface area contributed by atoms with Crippen molar-refractivity contribution in [2.24, 2.45) is 5.92 Å². The molecule has 3 atom stereocenters. The van der Waals surface area contributed by atoms with Crippen molar-refractivity contribution in [3.05, 3.63) is 12.2 Å². The first-order valence-corrected chi connectivity index (χ1v) is 4.49. The van der Waals surface area contributed by atoms with Crippen molar-refractivity contribution in [3.63, 3.8) is 0 Å². The van der Waals surface area contributed by atoms with Gasteiger partial charge in [0.05, 0.1) is 11.7 Å². The highest BCUT2D eigenvalue weighted by atomic mass is 16.3. The number of rotatable bonds is 1. The van der Waals surface area contributed by atoms with Gasteiger partial charge in [0.15, 0.2) is 0 Å². The minimum absolute atomic E-state index is 0.389. The molecule has 0 bridgehead atoms. The first-order chi connectivity index (χ1) is 5.43.